The molecule has 166 valence electrons. The number of guanidine groups is 1. The molecule has 5 nitrogen and oxygen atoms in total. The molecule has 2 aromatic carbocycles. The largest absolute Gasteiger partial charge is 0.356 e. The van der Waals surface area contributed by atoms with Crippen molar-refractivity contribution < 1.29 is 4.79 Å². The van der Waals surface area contributed by atoms with Gasteiger partial charge < -0.3 is 15.5 Å². The van der Waals surface area contributed by atoms with E-state index in [0.717, 1.165) is 42.6 Å². The molecule has 31 heavy (non-hydrogen) atoms. The molecule has 2 aromatic rings. The molecule has 6 heteroatoms. The molecule has 0 bridgehead atoms. The molecule has 1 aliphatic rings. The van der Waals surface area contributed by atoms with E-state index in [9.17, 15) is 4.79 Å². The van der Waals surface area contributed by atoms with Gasteiger partial charge in [0.25, 0.3) is 0 Å². The number of carbonyl (C=O) groups excluding carboxylic acids is 1. The van der Waals surface area contributed by atoms with Crippen molar-refractivity contribution in [1.29, 1.82) is 0 Å². The normalized spacial score (nSPS) is 17.2. The molecule has 1 unspecified atom stereocenters. The van der Waals surface area contributed by atoms with Crippen LogP contribution in [0, 0.1) is 5.92 Å². The Morgan fingerprint density at radius 2 is 1.84 bits per heavy atom. The average molecular weight is 441 g/mol. The lowest BCUT2D eigenvalue weighted by molar-refractivity contribution is -0.127. The summed E-state index contributed by atoms with van der Waals surface area (Å²) < 4.78 is 0. The zero-order chi connectivity index (χ0) is 22.3. The van der Waals surface area contributed by atoms with E-state index >= 15 is 0 Å². The summed E-state index contributed by atoms with van der Waals surface area (Å²) in [6.07, 6.45) is 1.48. The number of hydrogen-bond donors (Lipinski definition) is 2. The van der Waals surface area contributed by atoms with Crippen LogP contribution in [-0.2, 0) is 16.6 Å². The first-order valence-corrected chi connectivity index (χ1v) is 11.3. The van der Waals surface area contributed by atoms with Crippen molar-refractivity contribution in [2.24, 2.45) is 10.9 Å². The molecule has 1 aliphatic heterocycles. The maximum absolute atomic E-state index is 12.4. The Hall–Kier alpha value is -2.53. The predicted molar refractivity (Wildman–Crippen MR) is 129 cm³/mol. The van der Waals surface area contributed by atoms with E-state index in [1.807, 2.05) is 41.3 Å². The van der Waals surface area contributed by atoms with Crippen LogP contribution in [0.2, 0.25) is 5.02 Å². The molecular formula is C25H33ClN4O. The third kappa shape index (κ3) is 6.47. The fourth-order valence-electron chi connectivity index (χ4n) is 3.99. The molecule has 1 heterocycles. The maximum Gasteiger partial charge on any atom is 0.223 e. The van der Waals surface area contributed by atoms with E-state index in [2.05, 4.69) is 47.7 Å². The fourth-order valence-corrected chi connectivity index (χ4v) is 4.38. The first-order valence-electron chi connectivity index (χ1n) is 10.9. The van der Waals surface area contributed by atoms with Crippen molar-refractivity contribution in [3.8, 4) is 0 Å². The molecule has 2 N–H and O–H groups in total. The summed E-state index contributed by atoms with van der Waals surface area (Å²) in [5.74, 6) is 1.28. The summed E-state index contributed by atoms with van der Waals surface area (Å²) >= 11 is 6.39. The highest BCUT2D eigenvalue weighted by Gasteiger charge is 2.29. The first-order chi connectivity index (χ1) is 14.9. The zero-order valence-corrected chi connectivity index (χ0v) is 19.5. The summed E-state index contributed by atoms with van der Waals surface area (Å²) in [7, 11) is 1.77. The summed E-state index contributed by atoms with van der Waals surface area (Å²) in [6.45, 7) is 7.31. The second-order valence-corrected chi connectivity index (χ2v) is 9.22. The fraction of sp³-hybridized carbons (Fsp3) is 0.440. The van der Waals surface area contributed by atoms with E-state index in [1.165, 1.54) is 5.56 Å². The van der Waals surface area contributed by atoms with Crippen molar-refractivity contribution in [2.75, 3.05) is 33.2 Å². The summed E-state index contributed by atoms with van der Waals surface area (Å²) in [5, 5.41) is 7.58. The minimum Gasteiger partial charge on any atom is -0.356 e. The third-order valence-corrected chi connectivity index (χ3v) is 6.22. The number of hydrogen-bond acceptors (Lipinski definition) is 2. The van der Waals surface area contributed by atoms with Crippen LogP contribution in [0.15, 0.2) is 59.6 Å². The van der Waals surface area contributed by atoms with Gasteiger partial charge in [-0.25, -0.2) is 0 Å². The van der Waals surface area contributed by atoms with E-state index in [-0.39, 0.29) is 11.3 Å². The van der Waals surface area contributed by atoms with Crippen LogP contribution >= 0.6 is 11.6 Å². The molecule has 0 radical (unpaired) electrons. The minimum atomic E-state index is -0.145. The molecule has 1 atom stereocenters. The number of nitrogens with one attached hydrogen (secondary N) is 2. The van der Waals surface area contributed by atoms with Gasteiger partial charge in [0.2, 0.25) is 5.91 Å². The summed E-state index contributed by atoms with van der Waals surface area (Å²) in [4.78, 5) is 18.7. The predicted octanol–water partition coefficient (Wildman–Crippen LogP) is 3.87. The van der Waals surface area contributed by atoms with Crippen molar-refractivity contribution in [1.82, 2.24) is 15.5 Å². The van der Waals surface area contributed by atoms with Crippen LogP contribution in [0.25, 0.3) is 0 Å². The Labute approximate surface area is 190 Å². The van der Waals surface area contributed by atoms with Gasteiger partial charge in [-0.05, 0) is 23.6 Å². The van der Waals surface area contributed by atoms with Crippen LogP contribution in [0.4, 0.5) is 0 Å². The molecule has 0 aliphatic carbocycles. The highest BCUT2D eigenvalue weighted by Crippen LogP contribution is 2.29. The molecule has 1 amide bonds. The zero-order valence-electron chi connectivity index (χ0n) is 18.7. The molecular weight excluding hydrogens is 408 g/mol. The lowest BCUT2D eigenvalue weighted by Crippen LogP contribution is -2.45. The molecule has 0 spiro atoms. The summed E-state index contributed by atoms with van der Waals surface area (Å²) in [5.41, 5.74) is 2.23. The number of amides is 1. The van der Waals surface area contributed by atoms with Gasteiger partial charge in [-0.3, -0.25) is 9.79 Å². The van der Waals surface area contributed by atoms with Gasteiger partial charge in [0.15, 0.2) is 5.96 Å². The standard InChI is InChI=1S/C25H33ClN4O/c1-25(2,21-11-7-8-12-22(21)26)18-29-24(27-3)28-16-20-15-23(31)30(17-20)14-13-19-9-5-4-6-10-19/h4-12,20H,13-18H2,1-3H3,(H2,27,28,29). The SMILES string of the molecule is CN=C(NCC1CC(=O)N(CCc2ccccc2)C1)NCC(C)(C)c1ccccc1Cl. The minimum absolute atomic E-state index is 0.145. The first kappa shape index (κ1) is 23.1. The number of rotatable bonds is 8. The van der Waals surface area contributed by atoms with Crippen molar-refractivity contribution in [3.05, 3.63) is 70.7 Å². The van der Waals surface area contributed by atoms with Crippen molar-refractivity contribution >= 4 is 23.5 Å². The van der Waals surface area contributed by atoms with Gasteiger partial charge in [-0.2, -0.15) is 0 Å². The number of likely N-dealkylation sites (tertiary alicyclic amines) is 1. The Morgan fingerprint density at radius 3 is 2.55 bits per heavy atom. The van der Waals surface area contributed by atoms with E-state index in [4.69, 9.17) is 11.6 Å². The lowest BCUT2D eigenvalue weighted by Gasteiger charge is -2.28. The van der Waals surface area contributed by atoms with E-state index in [0.29, 0.717) is 18.9 Å². The van der Waals surface area contributed by atoms with Crippen LogP contribution in [0.3, 0.4) is 0 Å². The van der Waals surface area contributed by atoms with Crippen LogP contribution in [0.1, 0.15) is 31.4 Å². The van der Waals surface area contributed by atoms with Gasteiger partial charge in [0, 0.05) is 56.0 Å². The van der Waals surface area contributed by atoms with E-state index < -0.39 is 0 Å². The van der Waals surface area contributed by atoms with Gasteiger partial charge in [0.05, 0.1) is 0 Å². The van der Waals surface area contributed by atoms with Gasteiger partial charge in [-0.1, -0.05) is 74.0 Å². The third-order valence-electron chi connectivity index (χ3n) is 5.89. The lowest BCUT2D eigenvalue weighted by atomic mass is 9.84. The van der Waals surface area contributed by atoms with E-state index in [1.54, 1.807) is 7.05 Å². The van der Waals surface area contributed by atoms with Crippen LogP contribution < -0.4 is 10.6 Å². The van der Waals surface area contributed by atoms with Gasteiger partial charge in [0.1, 0.15) is 0 Å². The monoisotopic (exact) mass is 440 g/mol. The number of halogens is 1. The molecule has 0 aromatic heterocycles. The quantitative estimate of drug-likeness (QED) is 0.484. The smallest absolute Gasteiger partial charge is 0.223 e. The highest BCUT2D eigenvalue weighted by atomic mass is 35.5. The second-order valence-electron chi connectivity index (χ2n) is 8.82. The molecule has 1 fully saturated rings. The van der Waals surface area contributed by atoms with Gasteiger partial charge in [-0.15, -0.1) is 0 Å². The van der Waals surface area contributed by atoms with Crippen LogP contribution in [0.5, 0.6) is 0 Å². The average Bonchev–Trinajstić information content (AvgIpc) is 3.12. The number of aliphatic imine (C=N–C) groups is 1. The number of carbonyl (C=O) groups is 1. The van der Waals surface area contributed by atoms with Gasteiger partial charge >= 0.3 is 0 Å². The second kappa shape index (κ2) is 10.7. The number of benzene rings is 2. The Balaban J connectivity index is 1.45. The Kier molecular flexibility index (Phi) is 7.97. The molecule has 0 saturated carbocycles. The maximum atomic E-state index is 12.4. The highest BCUT2D eigenvalue weighted by molar-refractivity contribution is 6.31. The van der Waals surface area contributed by atoms with Crippen molar-refractivity contribution in [3.63, 3.8) is 0 Å². The Morgan fingerprint density at radius 1 is 1.13 bits per heavy atom. The Bertz CT molecular complexity index is 897. The molecule has 3 rings (SSSR count). The topological polar surface area (TPSA) is 56.7 Å². The number of nitrogens with zero attached hydrogens (tertiary/aromatic N) is 2. The van der Waals surface area contributed by atoms with Crippen LogP contribution in [-0.4, -0.2) is 50.0 Å². The van der Waals surface area contributed by atoms with Crippen molar-refractivity contribution in [2.45, 2.75) is 32.1 Å². The molecule has 1 saturated heterocycles. The summed E-state index contributed by atoms with van der Waals surface area (Å²) in [6, 6.07) is 18.3.